The number of ether oxygens (including phenoxy) is 1. The Morgan fingerprint density at radius 1 is 1.12 bits per heavy atom. The van der Waals surface area contributed by atoms with E-state index < -0.39 is 32.7 Å². The minimum Gasteiger partial charge on any atom is -0.476 e. The minimum atomic E-state index is -4.28. The lowest BCUT2D eigenvalue weighted by atomic mass is 10.2. The van der Waals surface area contributed by atoms with Crippen LogP contribution in [0.25, 0.3) is 0 Å². The number of sulfonamides is 1. The van der Waals surface area contributed by atoms with E-state index in [9.17, 15) is 17.2 Å². The Morgan fingerprint density at radius 3 is 2.47 bits per heavy atom. The molecule has 1 aromatic heterocycles. The van der Waals surface area contributed by atoms with Crippen LogP contribution in [0.3, 0.4) is 0 Å². The summed E-state index contributed by atoms with van der Waals surface area (Å²) in [5.41, 5.74) is 1.35. The van der Waals surface area contributed by atoms with E-state index in [1.165, 1.54) is 6.07 Å². The van der Waals surface area contributed by atoms with Gasteiger partial charge >= 0.3 is 0 Å². The Bertz CT molecular complexity index is 1310. The zero-order chi connectivity index (χ0) is 23.5. The van der Waals surface area contributed by atoms with Crippen molar-refractivity contribution in [3.63, 3.8) is 0 Å². The molecule has 0 fully saturated rings. The molecule has 0 aliphatic carbocycles. The second kappa shape index (κ2) is 9.13. The van der Waals surface area contributed by atoms with Gasteiger partial charge in [-0.15, -0.1) is 0 Å². The molecule has 0 aliphatic rings. The quantitative estimate of drug-likeness (QED) is 0.486. The second-order valence-electron chi connectivity index (χ2n) is 6.70. The standard InChI is InChI=1S/C20H18F2N6O3S/c1-11-7-13(4-6-17(11)31-12(2)9-23)26-19-16(22)10-25-20(28-19)27-14-3-5-15(21)18(8-14)32(24,29)30/h3-8,10,12H,1-2H3,(H2,24,29,30)(H2,25,26,27,28). The van der Waals surface area contributed by atoms with Crippen LogP contribution in [-0.2, 0) is 10.0 Å². The molecule has 0 bridgehead atoms. The van der Waals surface area contributed by atoms with Gasteiger partial charge in [-0.2, -0.15) is 10.2 Å². The molecule has 4 N–H and O–H groups in total. The summed E-state index contributed by atoms with van der Waals surface area (Å²) in [5.74, 6) is -1.46. The highest BCUT2D eigenvalue weighted by Gasteiger charge is 2.16. The van der Waals surface area contributed by atoms with Gasteiger partial charge in [0, 0.05) is 11.4 Å². The molecule has 9 nitrogen and oxygen atoms in total. The highest BCUT2D eigenvalue weighted by Crippen LogP contribution is 2.27. The first-order valence-electron chi connectivity index (χ1n) is 9.12. The number of primary sulfonamides is 1. The zero-order valence-electron chi connectivity index (χ0n) is 16.9. The molecule has 0 spiro atoms. The van der Waals surface area contributed by atoms with Crippen LogP contribution in [0, 0.1) is 29.9 Å². The van der Waals surface area contributed by atoms with Crippen molar-refractivity contribution in [1.82, 2.24) is 9.97 Å². The molecule has 12 heteroatoms. The van der Waals surface area contributed by atoms with E-state index in [0.717, 1.165) is 18.3 Å². The predicted molar refractivity (Wildman–Crippen MR) is 113 cm³/mol. The topological polar surface area (TPSA) is 143 Å². The van der Waals surface area contributed by atoms with Gasteiger partial charge in [0.2, 0.25) is 16.0 Å². The number of nitrogens with zero attached hydrogens (tertiary/aromatic N) is 3. The molecule has 3 aromatic rings. The Kier molecular flexibility index (Phi) is 6.52. The number of hydrogen-bond donors (Lipinski definition) is 3. The predicted octanol–water partition coefficient (Wildman–Crippen LogP) is 3.49. The summed E-state index contributed by atoms with van der Waals surface area (Å²) in [6.45, 7) is 3.38. The van der Waals surface area contributed by atoms with Crippen molar-refractivity contribution in [2.24, 2.45) is 5.14 Å². The largest absolute Gasteiger partial charge is 0.476 e. The van der Waals surface area contributed by atoms with Crippen LogP contribution < -0.4 is 20.5 Å². The van der Waals surface area contributed by atoms with Crippen LogP contribution >= 0.6 is 0 Å². The zero-order valence-corrected chi connectivity index (χ0v) is 17.7. The third-order valence-corrected chi connectivity index (χ3v) is 5.09. The van der Waals surface area contributed by atoms with Crippen molar-refractivity contribution < 1.29 is 21.9 Å². The molecule has 0 saturated heterocycles. The first kappa shape index (κ1) is 22.9. The van der Waals surface area contributed by atoms with Crippen molar-refractivity contribution in [1.29, 1.82) is 5.26 Å². The van der Waals surface area contributed by atoms with Gasteiger partial charge in [-0.1, -0.05) is 0 Å². The van der Waals surface area contributed by atoms with E-state index in [1.54, 1.807) is 32.0 Å². The summed E-state index contributed by atoms with van der Waals surface area (Å²) in [7, 11) is -4.28. The molecule has 1 atom stereocenters. The van der Waals surface area contributed by atoms with Crippen molar-refractivity contribution in [2.45, 2.75) is 24.8 Å². The molecule has 0 saturated carbocycles. The lowest BCUT2D eigenvalue weighted by molar-refractivity contribution is 0.274. The first-order valence-corrected chi connectivity index (χ1v) is 10.7. The first-order chi connectivity index (χ1) is 15.1. The Labute approximate surface area is 182 Å². The average Bonchev–Trinajstić information content (AvgIpc) is 2.73. The number of nitriles is 1. The molecule has 3 rings (SSSR count). The number of aryl methyl sites for hydroxylation is 1. The van der Waals surface area contributed by atoms with Crippen LogP contribution in [0.5, 0.6) is 5.75 Å². The number of aromatic nitrogens is 2. The maximum Gasteiger partial charge on any atom is 0.241 e. The maximum atomic E-state index is 14.2. The molecule has 0 radical (unpaired) electrons. The van der Waals surface area contributed by atoms with Crippen LogP contribution in [-0.4, -0.2) is 24.5 Å². The van der Waals surface area contributed by atoms with E-state index >= 15 is 0 Å². The summed E-state index contributed by atoms with van der Waals surface area (Å²) in [5, 5.41) is 19.4. The number of hydrogen-bond acceptors (Lipinski definition) is 8. The van der Waals surface area contributed by atoms with Crippen molar-refractivity contribution in [3.05, 3.63) is 59.8 Å². The van der Waals surface area contributed by atoms with Crippen LogP contribution in [0.15, 0.2) is 47.5 Å². The van der Waals surface area contributed by atoms with Gasteiger partial charge in [0.05, 0.1) is 6.20 Å². The molecule has 0 amide bonds. The summed E-state index contributed by atoms with van der Waals surface area (Å²) in [6.07, 6.45) is 0.294. The number of anilines is 4. The number of benzene rings is 2. The molecule has 0 aliphatic heterocycles. The Hall–Kier alpha value is -3.82. The van der Waals surface area contributed by atoms with Gasteiger partial charge in [-0.3, -0.25) is 0 Å². The Balaban J connectivity index is 1.83. The van der Waals surface area contributed by atoms with Gasteiger partial charge in [0.25, 0.3) is 0 Å². The SMILES string of the molecule is Cc1cc(Nc2nc(Nc3ccc(F)c(S(N)(=O)=O)c3)ncc2F)ccc1OC(C)C#N. The fourth-order valence-electron chi connectivity index (χ4n) is 2.66. The van der Waals surface area contributed by atoms with E-state index in [2.05, 4.69) is 20.6 Å². The summed E-state index contributed by atoms with van der Waals surface area (Å²) < 4.78 is 56.4. The van der Waals surface area contributed by atoms with Gasteiger partial charge < -0.3 is 15.4 Å². The van der Waals surface area contributed by atoms with Gasteiger partial charge in [-0.05, 0) is 55.8 Å². The smallest absolute Gasteiger partial charge is 0.241 e. The average molecular weight is 460 g/mol. The molecule has 166 valence electrons. The van der Waals surface area contributed by atoms with Gasteiger partial charge in [0.1, 0.15) is 22.5 Å². The van der Waals surface area contributed by atoms with E-state index in [-0.39, 0.29) is 17.5 Å². The Morgan fingerprint density at radius 2 is 1.81 bits per heavy atom. The molecule has 1 heterocycles. The van der Waals surface area contributed by atoms with Crippen LogP contribution in [0.1, 0.15) is 12.5 Å². The van der Waals surface area contributed by atoms with E-state index in [1.807, 2.05) is 6.07 Å². The fourth-order valence-corrected chi connectivity index (χ4v) is 3.29. The van der Waals surface area contributed by atoms with Crippen LogP contribution in [0.4, 0.5) is 31.9 Å². The molecular formula is C20H18F2N6O3S. The number of nitrogens with one attached hydrogen (secondary N) is 2. The highest BCUT2D eigenvalue weighted by atomic mass is 32.2. The number of halogens is 2. The second-order valence-corrected chi connectivity index (χ2v) is 8.23. The molecule has 1 unspecified atom stereocenters. The third-order valence-electron chi connectivity index (χ3n) is 4.16. The van der Waals surface area contributed by atoms with Crippen molar-refractivity contribution in [3.8, 4) is 11.8 Å². The van der Waals surface area contributed by atoms with E-state index in [0.29, 0.717) is 17.0 Å². The normalized spacial score (nSPS) is 12.0. The number of rotatable bonds is 7. The van der Waals surface area contributed by atoms with Gasteiger partial charge in [0.15, 0.2) is 17.7 Å². The van der Waals surface area contributed by atoms with Crippen LogP contribution in [0.2, 0.25) is 0 Å². The third kappa shape index (κ3) is 5.45. The summed E-state index contributed by atoms with van der Waals surface area (Å²) >= 11 is 0. The van der Waals surface area contributed by atoms with Crippen molar-refractivity contribution >= 4 is 33.2 Å². The monoisotopic (exact) mass is 460 g/mol. The highest BCUT2D eigenvalue weighted by molar-refractivity contribution is 7.89. The number of nitrogens with two attached hydrogens (primary N) is 1. The maximum absolute atomic E-state index is 14.2. The molecule has 32 heavy (non-hydrogen) atoms. The van der Waals surface area contributed by atoms with Gasteiger partial charge in [-0.25, -0.2) is 27.3 Å². The summed E-state index contributed by atoms with van der Waals surface area (Å²) in [6, 6.07) is 10.1. The van der Waals surface area contributed by atoms with E-state index in [4.69, 9.17) is 15.1 Å². The lowest BCUT2D eigenvalue weighted by Gasteiger charge is -2.13. The summed E-state index contributed by atoms with van der Waals surface area (Å²) in [4.78, 5) is 7.13. The fraction of sp³-hybridized carbons (Fsp3) is 0.150. The molecular weight excluding hydrogens is 442 g/mol. The van der Waals surface area contributed by atoms with Crippen molar-refractivity contribution in [2.75, 3.05) is 10.6 Å². The molecule has 2 aromatic carbocycles. The minimum absolute atomic E-state index is 0.0691. The lowest BCUT2D eigenvalue weighted by Crippen LogP contribution is -2.14.